The first-order valence-electron chi connectivity index (χ1n) is 6.16. The summed E-state index contributed by atoms with van der Waals surface area (Å²) in [5.41, 5.74) is 8.23. The second-order valence-electron chi connectivity index (χ2n) is 5.04. The molecule has 1 aromatic rings. The van der Waals surface area contributed by atoms with Crippen molar-refractivity contribution in [1.82, 2.24) is 4.90 Å². The van der Waals surface area contributed by atoms with E-state index in [4.69, 9.17) is 5.73 Å². The van der Waals surface area contributed by atoms with Gasteiger partial charge in [0.2, 0.25) is 5.91 Å². The Balaban J connectivity index is 2.01. The minimum Gasteiger partial charge on any atom is -0.341 e. The van der Waals surface area contributed by atoms with Crippen LogP contribution in [0, 0.1) is 12.8 Å². The van der Waals surface area contributed by atoms with E-state index in [-0.39, 0.29) is 11.9 Å². The second kappa shape index (κ2) is 4.88. The van der Waals surface area contributed by atoms with E-state index in [0.717, 1.165) is 12.1 Å². The van der Waals surface area contributed by atoms with E-state index in [1.807, 2.05) is 36.1 Å². The molecule has 92 valence electrons. The van der Waals surface area contributed by atoms with Gasteiger partial charge in [-0.3, -0.25) is 4.79 Å². The van der Waals surface area contributed by atoms with Gasteiger partial charge < -0.3 is 10.6 Å². The lowest BCUT2D eigenvalue weighted by Crippen LogP contribution is -2.33. The molecule has 1 aliphatic heterocycles. The maximum Gasteiger partial charge on any atom is 0.227 e. The van der Waals surface area contributed by atoms with E-state index < -0.39 is 0 Å². The zero-order valence-electron chi connectivity index (χ0n) is 10.5. The molecule has 0 saturated carbocycles. The first kappa shape index (κ1) is 12.1. The van der Waals surface area contributed by atoms with Crippen LogP contribution in [0.25, 0.3) is 0 Å². The molecule has 1 aromatic carbocycles. The second-order valence-corrected chi connectivity index (χ2v) is 5.04. The van der Waals surface area contributed by atoms with Gasteiger partial charge in [0.25, 0.3) is 0 Å². The van der Waals surface area contributed by atoms with Crippen molar-refractivity contribution in [3.63, 3.8) is 0 Å². The molecule has 1 saturated heterocycles. The van der Waals surface area contributed by atoms with Gasteiger partial charge in [0, 0.05) is 19.1 Å². The average Bonchev–Trinajstić information content (AvgIpc) is 2.63. The normalized spacial score (nSPS) is 24.1. The van der Waals surface area contributed by atoms with E-state index in [2.05, 4.69) is 6.92 Å². The lowest BCUT2D eigenvalue weighted by atomic mass is 10.1. The van der Waals surface area contributed by atoms with Crippen molar-refractivity contribution in [1.29, 1.82) is 0 Å². The largest absolute Gasteiger partial charge is 0.341 e. The monoisotopic (exact) mass is 232 g/mol. The number of hydrogen-bond acceptors (Lipinski definition) is 2. The van der Waals surface area contributed by atoms with Gasteiger partial charge in [0.05, 0.1) is 6.42 Å². The molecule has 0 radical (unpaired) electrons. The number of hydrogen-bond donors (Lipinski definition) is 1. The summed E-state index contributed by atoms with van der Waals surface area (Å²) in [4.78, 5) is 14.0. The maximum atomic E-state index is 12.1. The van der Waals surface area contributed by atoms with E-state index in [1.54, 1.807) is 0 Å². The summed E-state index contributed by atoms with van der Waals surface area (Å²) < 4.78 is 0. The molecule has 1 fully saturated rings. The van der Waals surface area contributed by atoms with Crippen molar-refractivity contribution in [2.75, 3.05) is 13.1 Å². The standard InChI is InChI=1S/C14H20N2O/c1-10-5-3-4-6-12(10)7-14(17)16-8-11(2)13(15)9-16/h3-6,11,13H,7-9,15H2,1-2H3. The summed E-state index contributed by atoms with van der Waals surface area (Å²) in [5.74, 6) is 0.606. The number of nitrogens with two attached hydrogens (primary N) is 1. The van der Waals surface area contributed by atoms with Crippen molar-refractivity contribution in [2.24, 2.45) is 11.7 Å². The SMILES string of the molecule is Cc1ccccc1CC(=O)N1CC(C)C(N)C1. The van der Waals surface area contributed by atoms with Crippen LogP contribution in [0.15, 0.2) is 24.3 Å². The van der Waals surface area contributed by atoms with E-state index in [0.29, 0.717) is 18.9 Å². The molecule has 1 heterocycles. The van der Waals surface area contributed by atoms with Crippen LogP contribution in [0.3, 0.4) is 0 Å². The summed E-state index contributed by atoms with van der Waals surface area (Å²) in [6.45, 7) is 5.64. The lowest BCUT2D eigenvalue weighted by Gasteiger charge is -2.16. The Morgan fingerprint density at radius 3 is 2.71 bits per heavy atom. The molecule has 0 aliphatic carbocycles. The third-order valence-electron chi connectivity index (χ3n) is 3.63. The smallest absolute Gasteiger partial charge is 0.227 e. The number of nitrogens with zero attached hydrogens (tertiary/aromatic N) is 1. The number of rotatable bonds is 2. The van der Waals surface area contributed by atoms with Crippen LogP contribution in [0.1, 0.15) is 18.1 Å². The van der Waals surface area contributed by atoms with Crippen molar-refractivity contribution in [3.05, 3.63) is 35.4 Å². The molecule has 2 rings (SSSR count). The van der Waals surface area contributed by atoms with Gasteiger partial charge in [-0.2, -0.15) is 0 Å². The van der Waals surface area contributed by atoms with Crippen LogP contribution in [0.5, 0.6) is 0 Å². The number of amides is 1. The van der Waals surface area contributed by atoms with Crippen LogP contribution in [-0.2, 0) is 11.2 Å². The molecule has 2 unspecified atom stereocenters. The van der Waals surface area contributed by atoms with Gasteiger partial charge in [-0.1, -0.05) is 31.2 Å². The number of carbonyl (C=O) groups excluding carboxylic acids is 1. The fraction of sp³-hybridized carbons (Fsp3) is 0.500. The van der Waals surface area contributed by atoms with Gasteiger partial charge in [-0.15, -0.1) is 0 Å². The minimum absolute atomic E-state index is 0.135. The van der Waals surface area contributed by atoms with Crippen molar-refractivity contribution >= 4 is 5.91 Å². The Morgan fingerprint density at radius 1 is 1.41 bits per heavy atom. The topological polar surface area (TPSA) is 46.3 Å². The van der Waals surface area contributed by atoms with Gasteiger partial charge in [0.1, 0.15) is 0 Å². The van der Waals surface area contributed by atoms with Crippen LogP contribution < -0.4 is 5.73 Å². The van der Waals surface area contributed by atoms with Crippen molar-refractivity contribution < 1.29 is 4.79 Å². The van der Waals surface area contributed by atoms with Gasteiger partial charge in [-0.05, 0) is 24.0 Å². The first-order valence-corrected chi connectivity index (χ1v) is 6.16. The van der Waals surface area contributed by atoms with Crippen LogP contribution in [0.2, 0.25) is 0 Å². The molecule has 2 atom stereocenters. The Bertz CT molecular complexity index is 406. The molecule has 0 aromatic heterocycles. The highest BCUT2D eigenvalue weighted by molar-refractivity contribution is 5.79. The molecule has 2 N–H and O–H groups in total. The minimum atomic E-state index is 0.135. The molecule has 0 bridgehead atoms. The fourth-order valence-electron chi connectivity index (χ4n) is 2.28. The first-order chi connectivity index (χ1) is 8.08. The van der Waals surface area contributed by atoms with Crippen LogP contribution in [0.4, 0.5) is 0 Å². The molecule has 0 spiro atoms. The Labute approximate surface area is 103 Å². The van der Waals surface area contributed by atoms with Crippen molar-refractivity contribution in [3.8, 4) is 0 Å². The Morgan fingerprint density at radius 2 is 2.12 bits per heavy atom. The molecule has 17 heavy (non-hydrogen) atoms. The summed E-state index contributed by atoms with van der Waals surface area (Å²) >= 11 is 0. The van der Waals surface area contributed by atoms with Crippen LogP contribution in [-0.4, -0.2) is 29.9 Å². The summed E-state index contributed by atoms with van der Waals surface area (Å²) in [5, 5.41) is 0. The highest BCUT2D eigenvalue weighted by atomic mass is 16.2. The predicted molar refractivity (Wildman–Crippen MR) is 68.6 cm³/mol. The number of likely N-dealkylation sites (tertiary alicyclic amines) is 1. The average molecular weight is 232 g/mol. The molecule has 3 heteroatoms. The third kappa shape index (κ3) is 2.67. The van der Waals surface area contributed by atoms with Gasteiger partial charge in [-0.25, -0.2) is 0 Å². The molecular formula is C14H20N2O. The number of aryl methyl sites for hydroxylation is 1. The molecule has 1 amide bonds. The summed E-state index contributed by atoms with van der Waals surface area (Å²) in [6, 6.07) is 8.18. The third-order valence-corrected chi connectivity index (χ3v) is 3.63. The molecular weight excluding hydrogens is 212 g/mol. The Kier molecular flexibility index (Phi) is 3.48. The lowest BCUT2D eigenvalue weighted by molar-refractivity contribution is -0.129. The quantitative estimate of drug-likeness (QED) is 0.836. The van der Waals surface area contributed by atoms with E-state index >= 15 is 0 Å². The number of benzene rings is 1. The van der Waals surface area contributed by atoms with Gasteiger partial charge >= 0.3 is 0 Å². The van der Waals surface area contributed by atoms with Crippen LogP contribution >= 0.6 is 0 Å². The molecule has 3 nitrogen and oxygen atoms in total. The molecule has 1 aliphatic rings. The zero-order valence-corrected chi connectivity index (χ0v) is 10.5. The fourth-order valence-corrected chi connectivity index (χ4v) is 2.28. The Hall–Kier alpha value is -1.35. The summed E-state index contributed by atoms with van der Waals surface area (Å²) in [6.07, 6.45) is 0.492. The summed E-state index contributed by atoms with van der Waals surface area (Å²) in [7, 11) is 0. The van der Waals surface area contributed by atoms with Gasteiger partial charge in [0.15, 0.2) is 0 Å². The zero-order chi connectivity index (χ0) is 12.4. The predicted octanol–water partition coefficient (Wildman–Crippen LogP) is 1.34. The maximum absolute atomic E-state index is 12.1. The van der Waals surface area contributed by atoms with E-state index in [9.17, 15) is 4.79 Å². The highest BCUT2D eigenvalue weighted by Crippen LogP contribution is 2.16. The van der Waals surface area contributed by atoms with E-state index in [1.165, 1.54) is 5.56 Å². The number of carbonyl (C=O) groups is 1. The highest BCUT2D eigenvalue weighted by Gasteiger charge is 2.29. The van der Waals surface area contributed by atoms with Crippen molar-refractivity contribution in [2.45, 2.75) is 26.3 Å².